The number of rotatable bonds is 10. The fourth-order valence-electron chi connectivity index (χ4n) is 2.90. The van der Waals surface area contributed by atoms with E-state index in [1.807, 2.05) is 0 Å². The lowest BCUT2D eigenvalue weighted by Gasteiger charge is -2.24. The van der Waals surface area contributed by atoms with Crippen LogP contribution in [0, 0.1) is 0 Å². The van der Waals surface area contributed by atoms with E-state index in [1.54, 1.807) is 42.5 Å². The fraction of sp³-hybridized carbons (Fsp3) is 0.125. The Morgan fingerprint density at radius 1 is 1.00 bits per heavy atom. The zero-order valence-corrected chi connectivity index (χ0v) is 21.3. The zero-order valence-electron chi connectivity index (χ0n) is 18.9. The number of hydrogen-bond acceptors (Lipinski definition) is 7. The number of carbonyl (C=O) groups is 2. The molecule has 0 saturated carbocycles. The number of hydrazone groups is 1. The monoisotopic (exact) mass is 549 g/mol. The maximum absolute atomic E-state index is 13.3. The second kappa shape index (κ2) is 12.4. The summed E-state index contributed by atoms with van der Waals surface area (Å²) in [4.78, 5) is 23.8. The summed E-state index contributed by atoms with van der Waals surface area (Å²) in [7, 11) is -2.89. The molecule has 0 aliphatic carbocycles. The van der Waals surface area contributed by atoms with Gasteiger partial charge in [-0.1, -0.05) is 47.5 Å². The first kappa shape index (κ1) is 27.0. The third-order valence-electron chi connectivity index (χ3n) is 4.69. The van der Waals surface area contributed by atoms with Crippen LogP contribution in [0.4, 0.5) is 5.69 Å². The maximum Gasteiger partial charge on any atom is 0.343 e. The Balaban J connectivity index is 1.73. The van der Waals surface area contributed by atoms with Crippen molar-refractivity contribution >= 4 is 57.0 Å². The van der Waals surface area contributed by atoms with Crippen LogP contribution in [0.5, 0.6) is 5.75 Å². The van der Waals surface area contributed by atoms with Crippen molar-refractivity contribution in [3.8, 4) is 5.75 Å². The molecule has 0 spiro atoms. The number of carbonyl (C=O) groups excluding carboxylic acids is 2. The lowest BCUT2D eigenvalue weighted by molar-refractivity contribution is -0.142. The van der Waals surface area contributed by atoms with Gasteiger partial charge in [-0.15, -0.1) is 0 Å². The van der Waals surface area contributed by atoms with Crippen LogP contribution in [0.2, 0.25) is 10.0 Å². The van der Waals surface area contributed by atoms with Crippen LogP contribution >= 0.6 is 23.2 Å². The molecule has 0 aliphatic heterocycles. The number of amides is 1. The van der Waals surface area contributed by atoms with Crippen molar-refractivity contribution < 1.29 is 27.5 Å². The van der Waals surface area contributed by atoms with Gasteiger partial charge in [0.25, 0.3) is 15.9 Å². The van der Waals surface area contributed by atoms with Gasteiger partial charge in [0.1, 0.15) is 12.3 Å². The Kier molecular flexibility index (Phi) is 9.29. The summed E-state index contributed by atoms with van der Waals surface area (Å²) in [5.41, 5.74) is 2.98. The van der Waals surface area contributed by atoms with Gasteiger partial charge in [0.15, 0.2) is 6.61 Å². The van der Waals surface area contributed by atoms with Gasteiger partial charge in [0.05, 0.1) is 34.0 Å². The topological polar surface area (TPSA) is 114 Å². The minimum absolute atomic E-state index is 0.00974. The quantitative estimate of drug-likeness (QED) is 0.233. The third kappa shape index (κ3) is 6.97. The van der Waals surface area contributed by atoms with Crippen LogP contribution in [0.1, 0.15) is 5.56 Å². The summed E-state index contributed by atoms with van der Waals surface area (Å²) in [6.45, 7) is -0.825. The van der Waals surface area contributed by atoms with E-state index in [0.717, 1.165) is 4.31 Å². The molecule has 0 unspecified atom stereocenters. The smallest absolute Gasteiger partial charge is 0.343 e. The van der Waals surface area contributed by atoms with E-state index in [-0.39, 0.29) is 27.2 Å². The molecule has 3 aromatic rings. The Morgan fingerprint density at radius 3 is 2.36 bits per heavy atom. The van der Waals surface area contributed by atoms with E-state index in [2.05, 4.69) is 15.3 Å². The van der Waals surface area contributed by atoms with Crippen LogP contribution in [0.25, 0.3) is 0 Å². The van der Waals surface area contributed by atoms with Gasteiger partial charge in [-0.2, -0.15) is 5.10 Å². The van der Waals surface area contributed by atoms with Gasteiger partial charge < -0.3 is 9.47 Å². The molecule has 188 valence electrons. The molecule has 0 atom stereocenters. The van der Waals surface area contributed by atoms with Gasteiger partial charge in [-0.25, -0.2) is 18.6 Å². The van der Waals surface area contributed by atoms with Crippen molar-refractivity contribution in [1.82, 2.24) is 5.43 Å². The van der Waals surface area contributed by atoms with Gasteiger partial charge in [-0.05, 0) is 54.1 Å². The predicted molar refractivity (Wildman–Crippen MR) is 137 cm³/mol. The van der Waals surface area contributed by atoms with E-state index in [4.69, 9.17) is 27.9 Å². The highest BCUT2D eigenvalue weighted by Crippen LogP contribution is 2.35. The number of benzene rings is 3. The van der Waals surface area contributed by atoms with Crippen LogP contribution < -0.4 is 14.5 Å². The Labute approximate surface area is 218 Å². The molecule has 0 radical (unpaired) electrons. The highest BCUT2D eigenvalue weighted by Gasteiger charge is 2.29. The standard InChI is InChI=1S/C24H21Cl2N3O6S/c1-34-23(31)16-35-18-12-10-17(11-13-18)14-27-28-22(30)15-29(21-9-5-8-20(25)24(21)26)36(32,33)19-6-3-2-4-7-19/h2-14H,15-16H2,1H3,(H,28,30)/b27-14-. The second-order valence-corrected chi connectivity index (χ2v) is 9.77. The number of esters is 1. The lowest BCUT2D eigenvalue weighted by Crippen LogP contribution is -2.39. The number of anilines is 1. The number of halogens is 2. The van der Waals surface area contributed by atoms with E-state index < -0.39 is 28.4 Å². The molecule has 3 aromatic carbocycles. The summed E-state index contributed by atoms with van der Waals surface area (Å²) in [5.74, 6) is -0.771. The zero-order chi connectivity index (χ0) is 26.1. The summed E-state index contributed by atoms with van der Waals surface area (Å²) in [5, 5.41) is 4.01. The SMILES string of the molecule is COC(=O)COc1ccc(/C=N\NC(=O)CN(c2cccc(Cl)c2Cl)S(=O)(=O)c2ccccc2)cc1. The Morgan fingerprint density at radius 2 is 1.69 bits per heavy atom. The third-order valence-corrected chi connectivity index (χ3v) is 7.27. The summed E-state index contributed by atoms with van der Waals surface area (Å²) < 4.78 is 37.3. The molecular weight excluding hydrogens is 529 g/mol. The van der Waals surface area contributed by atoms with Crippen molar-refractivity contribution in [2.75, 3.05) is 24.6 Å². The van der Waals surface area contributed by atoms with Crippen molar-refractivity contribution in [3.05, 3.63) is 88.4 Å². The fourth-order valence-corrected chi connectivity index (χ4v) is 4.80. The van der Waals surface area contributed by atoms with Crippen LogP contribution in [0.15, 0.2) is 82.8 Å². The van der Waals surface area contributed by atoms with Crippen molar-refractivity contribution in [1.29, 1.82) is 0 Å². The maximum atomic E-state index is 13.3. The summed E-state index contributed by atoms with van der Waals surface area (Å²) >= 11 is 12.4. The van der Waals surface area contributed by atoms with Gasteiger partial charge in [0, 0.05) is 0 Å². The molecule has 0 heterocycles. The van der Waals surface area contributed by atoms with Gasteiger partial charge >= 0.3 is 5.97 Å². The predicted octanol–water partition coefficient (Wildman–Crippen LogP) is 3.89. The first-order chi connectivity index (χ1) is 17.2. The van der Waals surface area contributed by atoms with E-state index >= 15 is 0 Å². The number of methoxy groups -OCH3 is 1. The largest absolute Gasteiger partial charge is 0.482 e. The summed E-state index contributed by atoms with van der Waals surface area (Å²) in [6.07, 6.45) is 1.37. The number of ether oxygens (including phenoxy) is 2. The van der Waals surface area contributed by atoms with Crippen molar-refractivity contribution in [3.63, 3.8) is 0 Å². The molecule has 1 amide bonds. The molecule has 0 saturated heterocycles. The van der Waals surface area contributed by atoms with Gasteiger partial charge in [-0.3, -0.25) is 9.10 Å². The second-order valence-electron chi connectivity index (χ2n) is 7.12. The highest BCUT2D eigenvalue weighted by molar-refractivity contribution is 7.92. The number of hydrogen-bond donors (Lipinski definition) is 1. The molecule has 3 rings (SSSR count). The molecule has 1 N–H and O–H groups in total. The Hall–Kier alpha value is -3.60. The van der Waals surface area contributed by atoms with E-state index in [9.17, 15) is 18.0 Å². The minimum Gasteiger partial charge on any atom is -0.482 e. The minimum atomic E-state index is -4.15. The molecule has 0 bridgehead atoms. The number of nitrogens with one attached hydrogen (secondary N) is 1. The first-order valence-corrected chi connectivity index (χ1v) is 12.6. The van der Waals surface area contributed by atoms with E-state index in [1.165, 1.54) is 43.7 Å². The number of sulfonamides is 1. The highest BCUT2D eigenvalue weighted by atomic mass is 35.5. The molecule has 36 heavy (non-hydrogen) atoms. The van der Waals surface area contributed by atoms with Crippen LogP contribution in [-0.4, -0.2) is 46.8 Å². The molecule has 0 fully saturated rings. The Bertz CT molecular complexity index is 1350. The molecule has 0 aliphatic rings. The van der Waals surface area contributed by atoms with Crippen LogP contribution in [0.3, 0.4) is 0 Å². The van der Waals surface area contributed by atoms with Crippen molar-refractivity contribution in [2.45, 2.75) is 4.90 Å². The van der Waals surface area contributed by atoms with Crippen LogP contribution in [-0.2, 0) is 24.3 Å². The molecular formula is C24H21Cl2N3O6S. The molecule has 9 nitrogen and oxygen atoms in total. The average molecular weight is 550 g/mol. The van der Waals surface area contributed by atoms with Gasteiger partial charge in [0.2, 0.25) is 0 Å². The molecule has 12 heteroatoms. The first-order valence-electron chi connectivity index (χ1n) is 10.4. The lowest BCUT2D eigenvalue weighted by atomic mass is 10.2. The number of nitrogens with zero attached hydrogens (tertiary/aromatic N) is 2. The normalized spacial score (nSPS) is 11.2. The summed E-state index contributed by atoms with van der Waals surface area (Å²) in [6, 6.07) is 18.7. The molecule has 0 aromatic heterocycles. The van der Waals surface area contributed by atoms with Crippen molar-refractivity contribution in [2.24, 2.45) is 5.10 Å². The average Bonchev–Trinajstić information content (AvgIpc) is 2.89. The van der Waals surface area contributed by atoms with E-state index in [0.29, 0.717) is 11.3 Å².